The highest BCUT2D eigenvalue weighted by Gasteiger charge is 2.07. The Morgan fingerprint density at radius 2 is 1.91 bits per heavy atom. The van der Waals surface area contributed by atoms with E-state index in [9.17, 15) is 15.0 Å². The molecule has 0 radical (unpaired) electrons. The number of phenolic OH excluding ortho intramolecular Hbond substituents is 2. The Bertz CT molecular complexity index is 742. The number of carbonyl (C=O) groups excluding carboxylic acids is 1. The van der Waals surface area contributed by atoms with E-state index < -0.39 is 0 Å². The van der Waals surface area contributed by atoms with Crippen LogP contribution in [0, 0.1) is 6.92 Å². The fourth-order valence-corrected chi connectivity index (χ4v) is 2.01. The number of carbonyl (C=O) groups is 1. The minimum atomic E-state index is -0.313. The zero-order chi connectivity index (χ0) is 16.8. The van der Waals surface area contributed by atoms with Crippen LogP contribution < -0.4 is 10.7 Å². The zero-order valence-corrected chi connectivity index (χ0v) is 13.0. The van der Waals surface area contributed by atoms with Crippen molar-refractivity contribution in [1.29, 1.82) is 0 Å². The predicted octanol–water partition coefficient (Wildman–Crippen LogP) is 2.36. The molecule has 120 valence electrons. The van der Waals surface area contributed by atoms with Gasteiger partial charge in [-0.15, -0.1) is 0 Å². The molecule has 6 nitrogen and oxygen atoms in total. The van der Waals surface area contributed by atoms with Crippen LogP contribution in [0.2, 0.25) is 0 Å². The van der Waals surface area contributed by atoms with E-state index in [1.165, 1.54) is 18.2 Å². The lowest BCUT2D eigenvalue weighted by molar-refractivity contribution is -0.119. The van der Waals surface area contributed by atoms with E-state index in [4.69, 9.17) is 0 Å². The molecule has 0 saturated carbocycles. The molecule has 0 spiro atoms. The van der Waals surface area contributed by atoms with Crippen LogP contribution in [0.25, 0.3) is 0 Å². The molecule has 0 unspecified atom stereocenters. The topological polar surface area (TPSA) is 94.0 Å². The third-order valence-electron chi connectivity index (χ3n) is 3.30. The smallest absolute Gasteiger partial charge is 0.259 e. The Labute approximate surface area is 134 Å². The summed E-state index contributed by atoms with van der Waals surface area (Å²) >= 11 is 0. The molecule has 2 aromatic rings. The van der Waals surface area contributed by atoms with Gasteiger partial charge in [-0.25, -0.2) is 5.43 Å². The van der Waals surface area contributed by atoms with E-state index in [-0.39, 0.29) is 24.0 Å². The molecule has 2 aromatic carbocycles. The zero-order valence-electron chi connectivity index (χ0n) is 13.0. The van der Waals surface area contributed by atoms with Crippen molar-refractivity contribution in [3.63, 3.8) is 0 Å². The van der Waals surface area contributed by atoms with Gasteiger partial charge >= 0.3 is 0 Å². The Morgan fingerprint density at radius 1 is 1.17 bits per heavy atom. The third-order valence-corrected chi connectivity index (χ3v) is 3.30. The number of hydrogen-bond acceptors (Lipinski definition) is 5. The molecule has 0 atom stereocenters. The Hall–Kier alpha value is -3.02. The van der Waals surface area contributed by atoms with Crippen LogP contribution in [0.4, 0.5) is 5.69 Å². The van der Waals surface area contributed by atoms with Crippen LogP contribution >= 0.6 is 0 Å². The first-order valence-electron chi connectivity index (χ1n) is 7.12. The molecule has 6 heteroatoms. The first kappa shape index (κ1) is 16.4. The maximum atomic E-state index is 11.8. The first-order chi connectivity index (χ1) is 11.0. The van der Waals surface area contributed by atoms with E-state index in [1.54, 1.807) is 6.92 Å². The highest BCUT2D eigenvalue weighted by atomic mass is 16.3. The fraction of sp³-hybridized carbons (Fsp3) is 0.176. The summed E-state index contributed by atoms with van der Waals surface area (Å²) in [5, 5.41) is 26.1. The van der Waals surface area contributed by atoms with Gasteiger partial charge in [0.25, 0.3) is 5.91 Å². The molecule has 4 N–H and O–H groups in total. The van der Waals surface area contributed by atoms with Crippen LogP contribution in [0.3, 0.4) is 0 Å². The molecule has 0 aliphatic rings. The Morgan fingerprint density at radius 3 is 2.65 bits per heavy atom. The van der Waals surface area contributed by atoms with Crippen molar-refractivity contribution in [1.82, 2.24) is 5.43 Å². The van der Waals surface area contributed by atoms with Crippen molar-refractivity contribution < 1.29 is 15.0 Å². The van der Waals surface area contributed by atoms with Gasteiger partial charge < -0.3 is 15.5 Å². The second-order valence-electron chi connectivity index (χ2n) is 5.10. The lowest BCUT2D eigenvalue weighted by atomic mass is 10.1. The maximum absolute atomic E-state index is 11.8. The van der Waals surface area contributed by atoms with Crippen molar-refractivity contribution in [2.24, 2.45) is 5.10 Å². The summed E-state index contributed by atoms with van der Waals surface area (Å²) in [5.74, 6) is -0.316. The van der Waals surface area contributed by atoms with Crippen molar-refractivity contribution >= 4 is 17.3 Å². The number of phenols is 2. The molecule has 0 aliphatic heterocycles. The van der Waals surface area contributed by atoms with Crippen molar-refractivity contribution in [2.45, 2.75) is 13.8 Å². The standard InChI is InChI=1S/C17H19N3O3/c1-11-5-3-4-6-15(11)18-10-17(23)20-19-12(2)14-9-13(21)7-8-16(14)22/h3-9,18,21-22H,10H2,1-2H3,(H,20,23)/b19-12+. The SMILES string of the molecule is C/C(=N\NC(=O)CNc1ccccc1C)c1cc(O)ccc1O. The number of aromatic hydroxyl groups is 2. The van der Waals surface area contributed by atoms with Gasteiger partial charge in [0.15, 0.2) is 0 Å². The summed E-state index contributed by atoms with van der Waals surface area (Å²) in [6.07, 6.45) is 0. The number of hydrogen-bond donors (Lipinski definition) is 4. The normalized spacial score (nSPS) is 11.1. The van der Waals surface area contributed by atoms with Crippen LogP contribution in [-0.2, 0) is 4.79 Å². The van der Waals surface area contributed by atoms with E-state index in [1.807, 2.05) is 31.2 Å². The van der Waals surface area contributed by atoms with Crippen LogP contribution in [-0.4, -0.2) is 28.4 Å². The van der Waals surface area contributed by atoms with Gasteiger partial charge in [-0.2, -0.15) is 5.10 Å². The average molecular weight is 313 g/mol. The van der Waals surface area contributed by atoms with Gasteiger partial charge in [0.05, 0.1) is 12.3 Å². The average Bonchev–Trinajstić information content (AvgIpc) is 2.54. The van der Waals surface area contributed by atoms with E-state index >= 15 is 0 Å². The second kappa shape index (κ2) is 7.31. The van der Waals surface area contributed by atoms with Crippen LogP contribution in [0.5, 0.6) is 11.5 Å². The summed E-state index contributed by atoms with van der Waals surface area (Å²) in [4.78, 5) is 11.8. The van der Waals surface area contributed by atoms with Gasteiger partial charge in [0.2, 0.25) is 0 Å². The van der Waals surface area contributed by atoms with Gasteiger partial charge in [-0.05, 0) is 43.7 Å². The molecule has 0 aliphatic carbocycles. The molecule has 0 aromatic heterocycles. The minimum Gasteiger partial charge on any atom is -0.508 e. The summed E-state index contributed by atoms with van der Waals surface area (Å²) in [5.41, 5.74) is 5.09. The quantitative estimate of drug-likeness (QED) is 0.387. The lowest BCUT2D eigenvalue weighted by Gasteiger charge is -2.09. The summed E-state index contributed by atoms with van der Waals surface area (Å²) < 4.78 is 0. The van der Waals surface area contributed by atoms with Gasteiger partial charge in [0.1, 0.15) is 11.5 Å². The summed E-state index contributed by atoms with van der Waals surface area (Å²) in [7, 11) is 0. The largest absolute Gasteiger partial charge is 0.508 e. The number of rotatable bonds is 5. The number of aryl methyl sites for hydroxylation is 1. The second-order valence-corrected chi connectivity index (χ2v) is 5.10. The highest BCUT2D eigenvalue weighted by Crippen LogP contribution is 2.22. The molecule has 23 heavy (non-hydrogen) atoms. The minimum absolute atomic E-state index is 0.0138. The molecule has 0 saturated heterocycles. The van der Waals surface area contributed by atoms with Crippen LogP contribution in [0.1, 0.15) is 18.1 Å². The molecule has 0 heterocycles. The van der Waals surface area contributed by atoms with Gasteiger partial charge in [0, 0.05) is 11.3 Å². The number of amides is 1. The maximum Gasteiger partial charge on any atom is 0.259 e. The van der Waals surface area contributed by atoms with Crippen molar-refractivity contribution in [3.05, 3.63) is 53.6 Å². The number of para-hydroxylation sites is 1. The Balaban J connectivity index is 1.95. The summed E-state index contributed by atoms with van der Waals surface area (Å²) in [6.45, 7) is 3.66. The third kappa shape index (κ3) is 4.47. The molecule has 2 rings (SSSR count). The molecule has 0 bridgehead atoms. The van der Waals surface area contributed by atoms with Crippen LogP contribution in [0.15, 0.2) is 47.6 Å². The first-order valence-corrected chi connectivity index (χ1v) is 7.12. The van der Waals surface area contributed by atoms with Gasteiger partial charge in [-0.3, -0.25) is 4.79 Å². The summed E-state index contributed by atoms with van der Waals surface area (Å²) in [6, 6.07) is 11.8. The number of anilines is 1. The number of hydrazone groups is 1. The molecule has 0 fully saturated rings. The van der Waals surface area contributed by atoms with E-state index in [0.717, 1.165) is 11.3 Å². The van der Waals surface area contributed by atoms with Crippen molar-refractivity contribution in [3.8, 4) is 11.5 Å². The molecule has 1 amide bonds. The van der Waals surface area contributed by atoms with Gasteiger partial charge in [-0.1, -0.05) is 18.2 Å². The van der Waals surface area contributed by atoms with E-state index in [2.05, 4.69) is 15.8 Å². The fourth-order valence-electron chi connectivity index (χ4n) is 2.01. The van der Waals surface area contributed by atoms with Crippen molar-refractivity contribution in [2.75, 3.05) is 11.9 Å². The molecular formula is C17H19N3O3. The number of nitrogens with zero attached hydrogens (tertiary/aromatic N) is 1. The monoisotopic (exact) mass is 313 g/mol. The highest BCUT2D eigenvalue weighted by molar-refractivity contribution is 6.01. The number of nitrogens with one attached hydrogen (secondary N) is 2. The molecular weight excluding hydrogens is 294 g/mol. The lowest BCUT2D eigenvalue weighted by Crippen LogP contribution is -2.27. The number of benzene rings is 2. The predicted molar refractivity (Wildman–Crippen MR) is 89.8 cm³/mol. The Kier molecular flexibility index (Phi) is 5.19. The van der Waals surface area contributed by atoms with E-state index in [0.29, 0.717) is 11.3 Å².